The zero-order chi connectivity index (χ0) is 15.0. The molecule has 0 spiro atoms. The molecular weight excluding hydrogens is 322 g/mol. The molecule has 4 nitrogen and oxygen atoms in total. The third-order valence-corrected chi connectivity index (χ3v) is 3.46. The van der Waals surface area contributed by atoms with Gasteiger partial charge in [-0.1, -0.05) is 6.07 Å². The van der Waals surface area contributed by atoms with Gasteiger partial charge in [-0.2, -0.15) is 0 Å². The number of nitrogens with zero attached hydrogens (tertiary/aromatic N) is 1. The van der Waals surface area contributed by atoms with Crippen LogP contribution in [0.4, 0.5) is 5.69 Å². The van der Waals surface area contributed by atoms with Crippen LogP contribution in [-0.2, 0) is 9.53 Å². The van der Waals surface area contributed by atoms with E-state index in [1.807, 2.05) is 25.1 Å². The highest BCUT2D eigenvalue weighted by Gasteiger charge is 2.08. The smallest absolute Gasteiger partial charge is 0.328 e. The van der Waals surface area contributed by atoms with E-state index in [2.05, 4.69) is 27.8 Å². The third kappa shape index (κ3) is 5.35. The van der Waals surface area contributed by atoms with E-state index in [0.717, 1.165) is 41.5 Å². The lowest BCUT2D eigenvalue weighted by molar-refractivity contribution is -0.131. The van der Waals surface area contributed by atoms with Crippen LogP contribution >= 0.6 is 15.9 Å². The molecule has 0 radical (unpaired) electrons. The quantitative estimate of drug-likeness (QED) is 0.581. The van der Waals surface area contributed by atoms with Crippen molar-refractivity contribution in [3.63, 3.8) is 0 Å². The number of carboxylic acid groups (broad SMARTS) is 1. The molecule has 0 bridgehead atoms. The molecule has 0 saturated carbocycles. The fraction of sp³-hybridized carbons (Fsp3) is 0.400. The van der Waals surface area contributed by atoms with Crippen molar-refractivity contribution in [3.05, 3.63) is 34.3 Å². The predicted molar refractivity (Wildman–Crippen MR) is 85.2 cm³/mol. The van der Waals surface area contributed by atoms with Crippen molar-refractivity contribution >= 4 is 33.7 Å². The standard InChI is InChI=1S/C15H20BrNO3/c1-3-17(9-10-20-4-2)14-7-5-12(11-13(14)16)6-8-15(18)19/h5-8,11H,3-4,9-10H2,1-2H3,(H,18,19)/b8-6+. The highest BCUT2D eigenvalue weighted by atomic mass is 79.9. The SMILES string of the molecule is CCOCCN(CC)c1ccc(/C=C/C(=O)O)cc1Br. The second-order valence-corrected chi connectivity index (χ2v) is 5.01. The van der Waals surface area contributed by atoms with Crippen molar-refractivity contribution in [1.29, 1.82) is 0 Å². The second-order valence-electron chi connectivity index (χ2n) is 4.16. The molecule has 0 unspecified atom stereocenters. The number of benzene rings is 1. The largest absolute Gasteiger partial charge is 0.478 e. The number of rotatable bonds is 8. The highest BCUT2D eigenvalue weighted by Crippen LogP contribution is 2.27. The maximum absolute atomic E-state index is 10.5. The summed E-state index contributed by atoms with van der Waals surface area (Å²) in [6, 6.07) is 5.81. The molecule has 0 atom stereocenters. The molecule has 20 heavy (non-hydrogen) atoms. The molecule has 1 rings (SSSR count). The van der Waals surface area contributed by atoms with Gasteiger partial charge in [0.2, 0.25) is 0 Å². The Morgan fingerprint density at radius 3 is 2.75 bits per heavy atom. The van der Waals surface area contributed by atoms with E-state index in [1.165, 1.54) is 0 Å². The number of ether oxygens (including phenoxy) is 1. The lowest BCUT2D eigenvalue weighted by Crippen LogP contribution is -2.27. The molecule has 0 amide bonds. The van der Waals surface area contributed by atoms with Crippen LogP contribution in [0.3, 0.4) is 0 Å². The van der Waals surface area contributed by atoms with Crippen LogP contribution in [0, 0.1) is 0 Å². The average Bonchev–Trinajstić information content (AvgIpc) is 2.42. The number of anilines is 1. The van der Waals surface area contributed by atoms with Crippen LogP contribution in [0.5, 0.6) is 0 Å². The predicted octanol–water partition coefficient (Wildman–Crippen LogP) is 3.41. The van der Waals surface area contributed by atoms with Gasteiger partial charge in [-0.3, -0.25) is 0 Å². The Kier molecular flexibility index (Phi) is 7.33. The molecule has 1 N–H and O–H groups in total. The van der Waals surface area contributed by atoms with Gasteiger partial charge in [0, 0.05) is 30.2 Å². The van der Waals surface area contributed by atoms with E-state index in [-0.39, 0.29) is 0 Å². The number of hydrogen-bond acceptors (Lipinski definition) is 3. The summed E-state index contributed by atoms with van der Waals surface area (Å²) >= 11 is 3.54. The molecule has 0 aliphatic carbocycles. The summed E-state index contributed by atoms with van der Waals surface area (Å²) < 4.78 is 6.33. The van der Waals surface area contributed by atoms with Gasteiger partial charge in [0.05, 0.1) is 12.3 Å². The zero-order valence-corrected chi connectivity index (χ0v) is 13.4. The van der Waals surface area contributed by atoms with Crippen LogP contribution in [0.1, 0.15) is 19.4 Å². The Bertz CT molecular complexity index is 474. The first-order chi connectivity index (χ1) is 9.58. The Labute approximate surface area is 128 Å². The van der Waals surface area contributed by atoms with E-state index in [4.69, 9.17) is 9.84 Å². The van der Waals surface area contributed by atoms with Gasteiger partial charge in [-0.25, -0.2) is 4.79 Å². The van der Waals surface area contributed by atoms with E-state index in [9.17, 15) is 4.79 Å². The molecule has 5 heteroatoms. The van der Waals surface area contributed by atoms with Gasteiger partial charge in [0.1, 0.15) is 0 Å². The summed E-state index contributed by atoms with van der Waals surface area (Å²) in [5.74, 6) is -0.947. The van der Waals surface area contributed by atoms with Crippen LogP contribution in [-0.4, -0.2) is 37.4 Å². The van der Waals surface area contributed by atoms with Crippen LogP contribution in [0.15, 0.2) is 28.7 Å². The highest BCUT2D eigenvalue weighted by molar-refractivity contribution is 9.10. The van der Waals surface area contributed by atoms with Gasteiger partial charge >= 0.3 is 5.97 Å². The molecule has 1 aromatic carbocycles. The van der Waals surface area contributed by atoms with Crippen molar-refractivity contribution in [3.8, 4) is 0 Å². The first kappa shape index (κ1) is 16.7. The van der Waals surface area contributed by atoms with Crippen LogP contribution in [0.2, 0.25) is 0 Å². The van der Waals surface area contributed by atoms with Gasteiger partial charge in [-0.05, 0) is 53.5 Å². The van der Waals surface area contributed by atoms with Gasteiger partial charge in [0.25, 0.3) is 0 Å². The molecular formula is C15H20BrNO3. The van der Waals surface area contributed by atoms with Crippen LogP contribution < -0.4 is 4.90 Å². The van der Waals surface area contributed by atoms with Gasteiger partial charge < -0.3 is 14.7 Å². The van der Waals surface area contributed by atoms with Crippen molar-refractivity contribution in [2.24, 2.45) is 0 Å². The minimum Gasteiger partial charge on any atom is -0.478 e. The Balaban J connectivity index is 2.82. The summed E-state index contributed by atoms with van der Waals surface area (Å²) in [7, 11) is 0. The molecule has 0 saturated heterocycles. The summed E-state index contributed by atoms with van der Waals surface area (Å²) in [6.07, 6.45) is 2.71. The normalized spacial score (nSPS) is 10.9. The molecule has 0 aliphatic rings. The zero-order valence-electron chi connectivity index (χ0n) is 11.8. The maximum Gasteiger partial charge on any atom is 0.328 e. The maximum atomic E-state index is 10.5. The number of carbonyl (C=O) groups is 1. The first-order valence-electron chi connectivity index (χ1n) is 6.61. The molecule has 110 valence electrons. The molecule has 1 aromatic rings. The first-order valence-corrected chi connectivity index (χ1v) is 7.41. The van der Waals surface area contributed by atoms with Gasteiger partial charge in [0.15, 0.2) is 0 Å². The van der Waals surface area contributed by atoms with Crippen molar-refractivity contribution < 1.29 is 14.6 Å². The van der Waals surface area contributed by atoms with Crippen molar-refractivity contribution in [2.45, 2.75) is 13.8 Å². The Morgan fingerprint density at radius 1 is 1.45 bits per heavy atom. The number of carboxylic acids is 1. The fourth-order valence-corrected chi connectivity index (χ4v) is 2.47. The van der Waals surface area contributed by atoms with E-state index in [0.29, 0.717) is 6.61 Å². The average molecular weight is 342 g/mol. The minimum absolute atomic E-state index is 0.692. The number of aliphatic carboxylic acids is 1. The summed E-state index contributed by atoms with van der Waals surface area (Å²) in [6.45, 7) is 7.20. The minimum atomic E-state index is -0.947. The third-order valence-electron chi connectivity index (χ3n) is 2.82. The summed E-state index contributed by atoms with van der Waals surface area (Å²) in [5.41, 5.74) is 1.93. The Hall–Kier alpha value is -1.33. The number of hydrogen-bond donors (Lipinski definition) is 1. The molecule has 0 aromatic heterocycles. The molecule has 0 heterocycles. The summed E-state index contributed by atoms with van der Waals surface area (Å²) in [4.78, 5) is 12.7. The Morgan fingerprint density at radius 2 is 2.20 bits per heavy atom. The second kappa shape index (κ2) is 8.76. The van der Waals surface area contributed by atoms with E-state index in [1.54, 1.807) is 6.08 Å². The number of likely N-dealkylation sites (N-methyl/N-ethyl adjacent to an activating group) is 1. The molecule has 0 aliphatic heterocycles. The van der Waals surface area contributed by atoms with E-state index < -0.39 is 5.97 Å². The van der Waals surface area contributed by atoms with E-state index >= 15 is 0 Å². The topological polar surface area (TPSA) is 49.8 Å². The fourth-order valence-electron chi connectivity index (χ4n) is 1.82. The number of halogens is 1. The molecule has 0 fully saturated rings. The van der Waals surface area contributed by atoms with Crippen LogP contribution in [0.25, 0.3) is 6.08 Å². The van der Waals surface area contributed by atoms with Crippen molar-refractivity contribution in [1.82, 2.24) is 0 Å². The lowest BCUT2D eigenvalue weighted by atomic mass is 10.2. The monoisotopic (exact) mass is 341 g/mol. The summed E-state index contributed by atoms with van der Waals surface area (Å²) in [5, 5.41) is 8.62. The lowest BCUT2D eigenvalue weighted by Gasteiger charge is -2.24. The van der Waals surface area contributed by atoms with Crippen molar-refractivity contribution in [2.75, 3.05) is 31.2 Å². The van der Waals surface area contributed by atoms with Gasteiger partial charge in [-0.15, -0.1) is 0 Å².